The van der Waals surface area contributed by atoms with Gasteiger partial charge < -0.3 is 0 Å². The predicted octanol–water partition coefficient (Wildman–Crippen LogP) is 2.53. The summed E-state index contributed by atoms with van der Waals surface area (Å²) in [6.45, 7) is 9.56. The largest absolute Gasteiger partial charge is 0.299 e. The third-order valence-electron chi connectivity index (χ3n) is 2.64. The smallest absolute Gasteiger partial charge is 0.144 e. The van der Waals surface area contributed by atoms with E-state index in [4.69, 9.17) is 0 Å². The zero-order valence-electron chi connectivity index (χ0n) is 9.22. The minimum absolute atomic E-state index is 0.0919. The van der Waals surface area contributed by atoms with Crippen LogP contribution in [0.2, 0.25) is 0 Å². The van der Waals surface area contributed by atoms with E-state index < -0.39 is 5.92 Å². The molecule has 0 aromatic rings. The Balaban J connectivity index is 2.76. The maximum Gasteiger partial charge on any atom is 0.144 e. The Morgan fingerprint density at radius 1 is 1.36 bits per heavy atom. The highest BCUT2D eigenvalue weighted by molar-refractivity contribution is 6.05. The molecule has 1 rings (SSSR count). The van der Waals surface area contributed by atoms with E-state index in [1.54, 1.807) is 0 Å². The number of carbonyl (C=O) groups excluding carboxylic acids is 2. The van der Waals surface area contributed by atoms with E-state index in [0.717, 1.165) is 5.57 Å². The quantitative estimate of drug-likeness (QED) is 0.500. The Kier molecular flexibility index (Phi) is 2.93. The highest BCUT2D eigenvalue weighted by Crippen LogP contribution is 2.35. The van der Waals surface area contributed by atoms with Gasteiger partial charge in [0.2, 0.25) is 0 Å². The molecule has 1 aliphatic rings. The fourth-order valence-corrected chi connectivity index (χ4v) is 2.01. The molecule has 78 valence electrons. The van der Waals surface area contributed by atoms with Gasteiger partial charge in [-0.3, -0.25) is 9.59 Å². The van der Waals surface area contributed by atoms with Crippen LogP contribution in [0.25, 0.3) is 0 Å². The number of allylic oxidation sites excluding steroid dienone is 1. The Morgan fingerprint density at radius 3 is 2.14 bits per heavy atom. The summed E-state index contributed by atoms with van der Waals surface area (Å²) in [5.74, 6) is -0.218. The maximum atomic E-state index is 11.7. The zero-order valence-corrected chi connectivity index (χ0v) is 9.22. The molecule has 2 heteroatoms. The minimum atomic E-state index is -0.402. The van der Waals surface area contributed by atoms with E-state index in [9.17, 15) is 9.59 Å². The summed E-state index contributed by atoms with van der Waals surface area (Å²) in [7, 11) is 0. The summed E-state index contributed by atoms with van der Waals surface area (Å²) < 4.78 is 0. The molecule has 0 unspecified atom stereocenters. The lowest BCUT2D eigenvalue weighted by Crippen LogP contribution is -2.37. The molecule has 1 aliphatic carbocycles. The van der Waals surface area contributed by atoms with Crippen molar-refractivity contribution in [2.75, 3.05) is 0 Å². The van der Waals surface area contributed by atoms with E-state index in [2.05, 4.69) is 6.58 Å². The second-order valence-electron chi connectivity index (χ2n) is 5.16. The molecule has 0 radical (unpaired) electrons. The van der Waals surface area contributed by atoms with Crippen molar-refractivity contribution in [1.29, 1.82) is 0 Å². The summed E-state index contributed by atoms with van der Waals surface area (Å²) in [6.07, 6.45) is 1.58. The Morgan fingerprint density at radius 2 is 1.79 bits per heavy atom. The molecule has 0 N–H and O–H groups in total. The van der Waals surface area contributed by atoms with Crippen LogP contribution >= 0.6 is 0 Å². The van der Waals surface area contributed by atoms with Crippen molar-refractivity contribution in [1.82, 2.24) is 0 Å². The van der Waals surface area contributed by atoms with Crippen LogP contribution in [-0.2, 0) is 9.59 Å². The number of rotatable bonds is 2. The molecule has 2 nitrogen and oxygen atoms in total. The van der Waals surface area contributed by atoms with Gasteiger partial charge in [-0.05, 0) is 18.8 Å². The van der Waals surface area contributed by atoms with Gasteiger partial charge in [0.05, 0.1) is 5.92 Å². The minimum Gasteiger partial charge on any atom is -0.299 e. The lowest BCUT2D eigenvalue weighted by atomic mass is 9.70. The standard InChI is InChI=1S/C12H18O2/c1-8(2)5-9-10(13)6-12(3,4)7-11(9)14/h9H,1,5-7H2,2-4H3. The Bertz CT molecular complexity index is 267. The van der Waals surface area contributed by atoms with Crippen LogP contribution < -0.4 is 0 Å². The van der Waals surface area contributed by atoms with Crippen molar-refractivity contribution in [3.63, 3.8) is 0 Å². The SMILES string of the molecule is C=C(C)CC1C(=O)CC(C)(C)CC1=O. The van der Waals surface area contributed by atoms with Crippen molar-refractivity contribution < 1.29 is 9.59 Å². The van der Waals surface area contributed by atoms with E-state index >= 15 is 0 Å². The van der Waals surface area contributed by atoms with E-state index in [1.807, 2.05) is 20.8 Å². The Hall–Kier alpha value is -0.920. The molecule has 1 fully saturated rings. The molecular formula is C12H18O2. The van der Waals surface area contributed by atoms with Crippen molar-refractivity contribution in [3.8, 4) is 0 Å². The van der Waals surface area contributed by atoms with Crippen LogP contribution in [0.3, 0.4) is 0 Å². The monoisotopic (exact) mass is 194 g/mol. The topological polar surface area (TPSA) is 34.1 Å². The normalized spacial score (nSPS) is 22.5. The summed E-state index contributed by atoms with van der Waals surface area (Å²) >= 11 is 0. The van der Waals surface area contributed by atoms with Gasteiger partial charge in [-0.1, -0.05) is 19.4 Å². The average Bonchev–Trinajstić information content (AvgIpc) is 1.94. The molecule has 1 saturated carbocycles. The van der Waals surface area contributed by atoms with Crippen LogP contribution in [0.5, 0.6) is 0 Å². The molecule has 0 saturated heterocycles. The number of hydrogen-bond donors (Lipinski definition) is 0. The molecule has 0 spiro atoms. The highest BCUT2D eigenvalue weighted by Gasteiger charge is 2.39. The molecule has 0 aliphatic heterocycles. The van der Waals surface area contributed by atoms with E-state index in [1.165, 1.54) is 0 Å². The lowest BCUT2D eigenvalue weighted by Gasteiger charge is -2.32. The van der Waals surface area contributed by atoms with Crippen molar-refractivity contribution in [2.24, 2.45) is 11.3 Å². The second kappa shape index (κ2) is 3.68. The van der Waals surface area contributed by atoms with Gasteiger partial charge in [-0.2, -0.15) is 0 Å². The fourth-order valence-electron chi connectivity index (χ4n) is 2.01. The van der Waals surface area contributed by atoms with Crippen molar-refractivity contribution >= 4 is 11.6 Å². The third-order valence-corrected chi connectivity index (χ3v) is 2.64. The molecular weight excluding hydrogens is 176 g/mol. The molecule has 0 atom stereocenters. The van der Waals surface area contributed by atoms with Crippen LogP contribution in [0.15, 0.2) is 12.2 Å². The van der Waals surface area contributed by atoms with Gasteiger partial charge >= 0.3 is 0 Å². The Labute approximate surface area is 85.4 Å². The van der Waals surface area contributed by atoms with Gasteiger partial charge in [-0.25, -0.2) is 0 Å². The average molecular weight is 194 g/mol. The van der Waals surface area contributed by atoms with Crippen LogP contribution in [0.1, 0.15) is 40.0 Å². The first-order chi connectivity index (χ1) is 6.32. The number of ketones is 2. The second-order valence-corrected chi connectivity index (χ2v) is 5.16. The molecule has 0 aromatic heterocycles. The number of Topliss-reactive ketones (excluding diaryl/α,β-unsaturated/α-hetero) is 2. The van der Waals surface area contributed by atoms with E-state index in [0.29, 0.717) is 19.3 Å². The van der Waals surface area contributed by atoms with Crippen LogP contribution in [0.4, 0.5) is 0 Å². The first kappa shape index (κ1) is 11.2. The summed E-state index contributed by atoms with van der Waals surface area (Å²) in [5.41, 5.74) is 0.774. The van der Waals surface area contributed by atoms with Crippen LogP contribution in [0, 0.1) is 11.3 Å². The summed E-state index contributed by atoms with van der Waals surface area (Å²) in [5, 5.41) is 0. The first-order valence-corrected chi connectivity index (χ1v) is 5.02. The summed E-state index contributed by atoms with van der Waals surface area (Å²) in [6, 6.07) is 0. The third kappa shape index (κ3) is 2.53. The number of hydrogen-bond acceptors (Lipinski definition) is 2. The zero-order chi connectivity index (χ0) is 10.9. The maximum absolute atomic E-state index is 11.7. The fraction of sp³-hybridized carbons (Fsp3) is 0.667. The van der Waals surface area contributed by atoms with E-state index in [-0.39, 0.29) is 17.0 Å². The summed E-state index contributed by atoms with van der Waals surface area (Å²) in [4.78, 5) is 23.4. The molecule has 14 heavy (non-hydrogen) atoms. The van der Waals surface area contributed by atoms with Gasteiger partial charge in [0.25, 0.3) is 0 Å². The van der Waals surface area contributed by atoms with Crippen molar-refractivity contribution in [2.45, 2.75) is 40.0 Å². The van der Waals surface area contributed by atoms with Crippen LogP contribution in [-0.4, -0.2) is 11.6 Å². The molecule has 0 heterocycles. The van der Waals surface area contributed by atoms with Crippen molar-refractivity contribution in [3.05, 3.63) is 12.2 Å². The molecule has 0 amide bonds. The number of carbonyl (C=O) groups is 2. The highest BCUT2D eigenvalue weighted by atomic mass is 16.2. The van der Waals surface area contributed by atoms with Gasteiger partial charge in [-0.15, -0.1) is 6.58 Å². The van der Waals surface area contributed by atoms with Gasteiger partial charge in [0.15, 0.2) is 0 Å². The van der Waals surface area contributed by atoms with Gasteiger partial charge in [0, 0.05) is 12.8 Å². The lowest BCUT2D eigenvalue weighted by molar-refractivity contribution is -0.139. The first-order valence-electron chi connectivity index (χ1n) is 5.02. The predicted molar refractivity (Wildman–Crippen MR) is 56.0 cm³/mol. The molecule has 0 aromatic carbocycles. The van der Waals surface area contributed by atoms with Gasteiger partial charge in [0.1, 0.15) is 11.6 Å². The molecule has 0 bridgehead atoms.